The quantitative estimate of drug-likeness (QED) is 0.947. The van der Waals surface area contributed by atoms with Gasteiger partial charge in [-0.05, 0) is 24.6 Å². The molecule has 1 fully saturated rings. The molecule has 0 bridgehead atoms. The molecular weight excluding hydrogens is 278 g/mol. The minimum atomic E-state index is -0.972. The Balaban J connectivity index is 2.01. The molecule has 4 nitrogen and oxygen atoms in total. The molecule has 1 aliphatic heterocycles. The molecule has 1 amide bonds. The van der Waals surface area contributed by atoms with E-state index in [4.69, 9.17) is 0 Å². The van der Waals surface area contributed by atoms with E-state index in [9.17, 15) is 14.7 Å². The Bertz CT molecular complexity index is 694. The van der Waals surface area contributed by atoms with E-state index in [1.807, 2.05) is 49.4 Å². The van der Waals surface area contributed by atoms with Crippen molar-refractivity contribution < 1.29 is 14.7 Å². The lowest BCUT2D eigenvalue weighted by atomic mass is 9.91. The Morgan fingerprint density at radius 3 is 2.32 bits per heavy atom. The van der Waals surface area contributed by atoms with Crippen LogP contribution in [0.2, 0.25) is 0 Å². The highest BCUT2D eigenvalue weighted by Crippen LogP contribution is 2.37. The first-order valence-corrected chi connectivity index (χ1v) is 7.24. The first kappa shape index (κ1) is 14.3. The number of hydrogen-bond acceptors (Lipinski definition) is 2. The third kappa shape index (κ3) is 2.48. The zero-order valence-corrected chi connectivity index (χ0v) is 12.3. The number of aliphatic carboxylic acids is 1. The summed E-state index contributed by atoms with van der Waals surface area (Å²) in [6.45, 7) is 1.96. The summed E-state index contributed by atoms with van der Waals surface area (Å²) < 4.78 is 0. The van der Waals surface area contributed by atoms with Gasteiger partial charge in [-0.2, -0.15) is 0 Å². The van der Waals surface area contributed by atoms with E-state index in [-0.39, 0.29) is 18.2 Å². The van der Waals surface area contributed by atoms with Gasteiger partial charge in [0, 0.05) is 18.0 Å². The van der Waals surface area contributed by atoms with Crippen LogP contribution in [-0.2, 0) is 9.59 Å². The smallest absolute Gasteiger partial charge is 0.327 e. The van der Waals surface area contributed by atoms with Crippen LogP contribution in [0.15, 0.2) is 54.6 Å². The monoisotopic (exact) mass is 295 g/mol. The molecule has 2 atom stereocenters. The van der Waals surface area contributed by atoms with Crippen LogP contribution >= 0.6 is 0 Å². The van der Waals surface area contributed by atoms with Crippen molar-refractivity contribution >= 4 is 17.6 Å². The zero-order valence-electron chi connectivity index (χ0n) is 12.3. The van der Waals surface area contributed by atoms with Gasteiger partial charge in [0.05, 0.1) is 0 Å². The molecule has 0 radical (unpaired) electrons. The number of benzene rings is 2. The molecule has 22 heavy (non-hydrogen) atoms. The van der Waals surface area contributed by atoms with Crippen LogP contribution in [0.4, 0.5) is 5.69 Å². The fourth-order valence-electron chi connectivity index (χ4n) is 3.03. The van der Waals surface area contributed by atoms with E-state index in [1.165, 1.54) is 4.90 Å². The van der Waals surface area contributed by atoms with E-state index in [1.54, 1.807) is 12.1 Å². The molecule has 112 valence electrons. The number of carbonyl (C=O) groups is 2. The summed E-state index contributed by atoms with van der Waals surface area (Å²) >= 11 is 0. The van der Waals surface area contributed by atoms with E-state index >= 15 is 0 Å². The molecule has 2 aromatic carbocycles. The number of carboxylic acids is 1. The van der Waals surface area contributed by atoms with Gasteiger partial charge in [0.25, 0.3) is 0 Å². The molecule has 1 N–H and O–H groups in total. The number of rotatable bonds is 3. The van der Waals surface area contributed by atoms with Crippen molar-refractivity contribution in [3.63, 3.8) is 0 Å². The molecule has 0 aromatic heterocycles. The molecule has 0 unspecified atom stereocenters. The van der Waals surface area contributed by atoms with Gasteiger partial charge in [0.15, 0.2) is 0 Å². The highest BCUT2D eigenvalue weighted by Gasteiger charge is 2.45. The largest absolute Gasteiger partial charge is 0.480 e. The second kappa shape index (κ2) is 5.64. The Hall–Kier alpha value is -2.62. The van der Waals surface area contributed by atoms with Crippen molar-refractivity contribution in [3.05, 3.63) is 65.7 Å². The number of nitrogens with zero attached hydrogens (tertiary/aromatic N) is 1. The minimum absolute atomic E-state index is 0.148. The van der Waals surface area contributed by atoms with Gasteiger partial charge < -0.3 is 5.11 Å². The van der Waals surface area contributed by atoms with Crippen molar-refractivity contribution in [2.45, 2.75) is 25.3 Å². The van der Waals surface area contributed by atoms with Crippen molar-refractivity contribution in [2.75, 3.05) is 4.90 Å². The predicted octanol–water partition coefficient (Wildman–Crippen LogP) is 2.97. The van der Waals surface area contributed by atoms with E-state index < -0.39 is 12.0 Å². The molecule has 0 aliphatic carbocycles. The first-order valence-electron chi connectivity index (χ1n) is 7.24. The van der Waals surface area contributed by atoms with Crippen molar-refractivity contribution in [1.82, 2.24) is 0 Å². The van der Waals surface area contributed by atoms with Crippen LogP contribution in [0.5, 0.6) is 0 Å². The topological polar surface area (TPSA) is 57.6 Å². The van der Waals surface area contributed by atoms with E-state index in [0.29, 0.717) is 5.69 Å². The highest BCUT2D eigenvalue weighted by atomic mass is 16.4. The summed E-state index contributed by atoms with van der Waals surface area (Å²) in [5.41, 5.74) is 2.60. The number of amides is 1. The number of aryl methyl sites for hydroxylation is 1. The van der Waals surface area contributed by atoms with Crippen LogP contribution in [0.3, 0.4) is 0 Å². The maximum absolute atomic E-state index is 12.4. The Morgan fingerprint density at radius 2 is 1.73 bits per heavy atom. The van der Waals surface area contributed by atoms with Crippen molar-refractivity contribution in [2.24, 2.45) is 0 Å². The number of hydrogen-bond donors (Lipinski definition) is 1. The molecule has 0 spiro atoms. The van der Waals surface area contributed by atoms with Crippen LogP contribution in [-0.4, -0.2) is 23.0 Å². The maximum atomic E-state index is 12.4. The molecule has 2 aromatic rings. The summed E-state index contributed by atoms with van der Waals surface area (Å²) in [7, 11) is 0. The van der Waals surface area contributed by atoms with Gasteiger partial charge in [-0.3, -0.25) is 9.69 Å². The SMILES string of the molecule is Cc1ccc(N2C(=O)C[C@H](c3ccccc3)[C@@H]2C(=O)O)cc1. The third-order valence-corrected chi connectivity index (χ3v) is 4.12. The van der Waals surface area contributed by atoms with Gasteiger partial charge in [-0.15, -0.1) is 0 Å². The van der Waals surface area contributed by atoms with Crippen LogP contribution in [0, 0.1) is 6.92 Å². The van der Waals surface area contributed by atoms with Gasteiger partial charge in [-0.25, -0.2) is 4.79 Å². The van der Waals surface area contributed by atoms with Crippen molar-refractivity contribution in [1.29, 1.82) is 0 Å². The zero-order chi connectivity index (χ0) is 15.7. The lowest BCUT2D eigenvalue weighted by Crippen LogP contribution is -2.40. The maximum Gasteiger partial charge on any atom is 0.327 e. The fourth-order valence-corrected chi connectivity index (χ4v) is 3.03. The summed E-state index contributed by atoms with van der Waals surface area (Å²) in [5.74, 6) is -1.45. The average Bonchev–Trinajstić information content (AvgIpc) is 2.87. The normalized spacial score (nSPS) is 21.1. The molecule has 0 saturated carbocycles. The fraction of sp³-hybridized carbons (Fsp3) is 0.222. The van der Waals surface area contributed by atoms with Crippen molar-refractivity contribution in [3.8, 4) is 0 Å². The van der Waals surface area contributed by atoms with Gasteiger partial charge in [0.1, 0.15) is 6.04 Å². The van der Waals surface area contributed by atoms with Crippen LogP contribution in [0.25, 0.3) is 0 Å². The van der Waals surface area contributed by atoms with Crippen LogP contribution in [0.1, 0.15) is 23.5 Å². The van der Waals surface area contributed by atoms with Gasteiger partial charge in [-0.1, -0.05) is 48.0 Å². The summed E-state index contributed by atoms with van der Waals surface area (Å²) in [4.78, 5) is 25.6. The third-order valence-electron chi connectivity index (χ3n) is 4.12. The summed E-state index contributed by atoms with van der Waals surface area (Å²) in [6, 6.07) is 15.9. The second-order valence-corrected chi connectivity index (χ2v) is 5.60. The summed E-state index contributed by atoms with van der Waals surface area (Å²) in [5, 5.41) is 9.66. The lowest BCUT2D eigenvalue weighted by Gasteiger charge is -2.25. The number of anilines is 1. The molecule has 1 aliphatic rings. The number of carbonyl (C=O) groups excluding carboxylic acids is 1. The van der Waals surface area contributed by atoms with Crippen LogP contribution < -0.4 is 4.90 Å². The molecule has 1 saturated heterocycles. The Morgan fingerprint density at radius 1 is 1.09 bits per heavy atom. The Kier molecular flexibility index (Phi) is 3.67. The first-order chi connectivity index (χ1) is 10.6. The van der Waals surface area contributed by atoms with Gasteiger partial charge in [0.2, 0.25) is 5.91 Å². The molecule has 4 heteroatoms. The lowest BCUT2D eigenvalue weighted by molar-refractivity contribution is -0.139. The second-order valence-electron chi connectivity index (χ2n) is 5.60. The molecular formula is C18H17NO3. The molecule has 1 heterocycles. The predicted molar refractivity (Wildman–Crippen MR) is 83.9 cm³/mol. The average molecular weight is 295 g/mol. The van der Waals surface area contributed by atoms with E-state index in [0.717, 1.165) is 11.1 Å². The molecule has 3 rings (SSSR count). The number of carboxylic acid groups (broad SMARTS) is 1. The minimum Gasteiger partial charge on any atom is -0.480 e. The standard InChI is InChI=1S/C18H17NO3/c1-12-7-9-14(10-8-12)19-16(20)11-15(17(19)18(21)22)13-5-3-2-4-6-13/h2-10,15,17H,11H2,1H3,(H,21,22)/t15-,17-/m1/s1. The highest BCUT2D eigenvalue weighted by molar-refractivity contribution is 6.03. The Labute approximate surface area is 129 Å². The summed E-state index contributed by atoms with van der Waals surface area (Å²) in [6.07, 6.45) is 0.217. The van der Waals surface area contributed by atoms with Gasteiger partial charge >= 0.3 is 5.97 Å². The van der Waals surface area contributed by atoms with E-state index in [2.05, 4.69) is 0 Å².